The van der Waals surface area contributed by atoms with Gasteiger partial charge in [0.15, 0.2) is 11.6 Å². The van der Waals surface area contributed by atoms with E-state index < -0.39 is 0 Å². The second-order valence-corrected chi connectivity index (χ2v) is 15.0. The maximum absolute atomic E-state index is 5.24. The number of aliphatic imine (C=N–C) groups is 1. The van der Waals surface area contributed by atoms with Crippen LogP contribution in [0.5, 0.6) is 0 Å². The van der Waals surface area contributed by atoms with E-state index in [0.717, 1.165) is 41.1 Å². The summed E-state index contributed by atoms with van der Waals surface area (Å²) < 4.78 is 0. The lowest BCUT2D eigenvalue weighted by molar-refractivity contribution is 0.748. The Bertz CT molecular complexity index is 2770. The molecule has 0 spiro atoms. The zero-order valence-electron chi connectivity index (χ0n) is 33.1. The van der Waals surface area contributed by atoms with E-state index in [4.69, 9.17) is 19.9 Å². The van der Waals surface area contributed by atoms with Gasteiger partial charge in [-0.3, -0.25) is 4.99 Å². The molecule has 0 saturated heterocycles. The van der Waals surface area contributed by atoms with Gasteiger partial charge in [0, 0.05) is 17.0 Å². The molecule has 4 heteroatoms. The number of benzene rings is 6. The molecule has 0 saturated carbocycles. The van der Waals surface area contributed by atoms with Gasteiger partial charge in [-0.1, -0.05) is 189 Å². The second kappa shape index (κ2) is 17.1. The first-order chi connectivity index (χ1) is 29.1. The molecule has 284 valence electrons. The molecule has 6 aromatic carbocycles. The third-order valence-corrected chi connectivity index (χ3v) is 11.1. The molecule has 0 N–H and O–H groups in total. The van der Waals surface area contributed by atoms with Crippen LogP contribution in [-0.2, 0) is 0 Å². The van der Waals surface area contributed by atoms with Gasteiger partial charge in [-0.15, -0.1) is 0 Å². The molecule has 7 aromatic rings. The predicted molar refractivity (Wildman–Crippen MR) is 247 cm³/mol. The predicted octanol–water partition coefficient (Wildman–Crippen LogP) is 13.8. The fourth-order valence-electron chi connectivity index (χ4n) is 7.86. The molecular formula is C55H44N4. The first kappa shape index (κ1) is 37.3. The van der Waals surface area contributed by atoms with Crippen LogP contribution in [0.2, 0.25) is 0 Å². The van der Waals surface area contributed by atoms with Gasteiger partial charge in [0.05, 0.1) is 11.8 Å². The molecular weight excluding hydrogens is 717 g/mol. The van der Waals surface area contributed by atoms with Crippen LogP contribution in [0.3, 0.4) is 0 Å². The minimum absolute atomic E-state index is 0.0115. The lowest BCUT2D eigenvalue weighted by Gasteiger charge is -2.23. The van der Waals surface area contributed by atoms with Gasteiger partial charge in [-0.25, -0.2) is 15.0 Å². The van der Waals surface area contributed by atoms with Gasteiger partial charge >= 0.3 is 0 Å². The summed E-state index contributed by atoms with van der Waals surface area (Å²) in [6, 6.07) is 53.4. The third-order valence-electron chi connectivity index (χ3n) is 11.1. The Morgan fingerprint density at radius 1 is 0.627 bits per heavy atom. The molecule has 2 aliphatic rings. The van der Waals surface area contributed by atoms with E-state index in [0.29, 0.717) is 11.6 Å². The SMILES string of the molecule is C=C/C(=C\C=C/C)C1=NC(c2ccc(-c3ccc4cc(C5=CCC(c6nc(-c7ccccc7)nc(-c7ccccc7)n6)C=C5)ccc4c3)cc2)CC(c2ccccc2)=C1. The fourth-order valence-corrected chi connectivity index (χ4v) is 7.86. The normalized spacial score (nSPS) is 16.8. The second-order valence-electron chi connectivity index (χ2n) is 15.0. The van der Waals surface area contributed by atoms with E-state index in [1.54, 1.807) is 0 Å². The number of allylic oxidation sites excluding steroid dienone is 10. The van der Waals surface area contributed by atoms with Crippen molar-refractivity contribution in [2.24, 2.45) is 4.99 Å². The van der Waals surface area contributed by atoms with Crippen LogP contribution in [0.1, 0.15) is 54.2 Å². The van der Waals surface area contributed by atoms with Crippen LogP contribution >= 0.6 is 0 Å². The first-order valence-electron chi connectivity index (χ1n) is 20.3. The molecule has 0 bridgehead atoms. The highest BCUT2D eigenvalue weighted by atomic mass is 15.0. The molecule has 1 aliphatic carbocycles. The summed E-state index contributed by atoms with van der Waals surface area (Å²) >= 11 is 0. The number of hydrogen-bond acceptors (Lipinski definition) is 4. The quantitative estimate of drug-likeness (QED) is 0.130. The summed E-state index contributed by atoms with van der Waals surface area (Å²) in [4.78, 5) is 20.0. The van der Waals surface area contributed by atoms with Crippen molar-refractivity contribution in [2.45, 2.75) is 31.7 Å². The van der Waals surface area contributed by atoms with E-state index in [2.05, 4.69) is 128 Å². The summed E-state index contributed by atoms with van der Waals surface area (Å²) in [6.45, 7) is 6.11. The van der Waals surface area contributed by atoms with Gasteiger partial charge in [0.1, 0.15) is 5.82 Å². The van der Waals surface area contributed by atoms with E-state index in [9.17, 15) is 0 Å². The van der Waals surface area contributed by atoms with Crippen molar-refractivity contribution in [1.82, 2.24) is 15.0 Å². The highest BCUT2D eigenvalue weighted by Crippen LogP contribution is 2.37. The number of nitrogens with zero attached hydrogens (tertiary/aromatic N) is 4. The molecule has 4 nitrogen and oxygen atoms in total. The van der Waals surface area contributed by atoms with Crippen LogP contribution < -0.4 is 0 Å². The van der Waals surface area contributed by atoms with Crippen LogP contribution in [0.25, 0.3) is 55.8 Å². The largest absolute Gasteiger partial charge is 0.276 e. The number of aromatic nitrogens is 3. The topological polar surface area (TPSA) is 51.0 Å². The molecule has 2 unspecified atom stereocenters. The zero-order chi connectivity index (χ0) is 40.0. The zero-order valence-corrected chi connectivity index (χ0v) is 33.1. The van der Waals surface area contributed by atoms with Gasteiger partial charge in [0.25, 0.3) is 0 Å². The minimum atomic E-state index is 0.0115. The molecule has 1 aliphatic heterocycles. The Labute approximate surface area is 346 Å². The van der Waals surface area contributed by atoms with Gasteiger partial charge in [0.2, 0.25) is 0 Å². The Balaban J connectivity index is 0.931. The third kappa shape index (κ3) is 8.25. The van der Waals surface area contributed by atoms with Crippen molar-refractivity contribution < 1.29 is 0 Å². The van der Waals surface area contributed by atoms with E-state index in [1.165, 1.54) is 49.7 Å². The maximum atomic E-state index is 5.24. The first-order valence-corrected chi connectivity index (χ1v) is 20.3. The molecule has 1 aromatic heterocycles. The molecule has 9 rings (SSSR count). The number of hydrogen-bond donors (Lipinski definition) is 0. The van der Waals surface area contributed by atoms with Crippen molar-refractivity contribution in [3.8, 4) is 33.9 Å². The molecule has 2 atom stereocenters. The average Bonchev–Trinajstić information content (AvgIpc) is 3.32. The van der Waals surface area contributed by atoms with E-state index in [-0.39, 0.29) is 12.0 Å². The van der Waals surface area contributed by atoms with Crippen LogP contribution in [0.15, 0.2) is 217 Å². The summed E-state index contributed by atoms with van der Waals surface area (Å²) in [5, 5.41) is 2.43. The van der Waals surface area contributed by atoms with Crippen molar-refractivity contribution in [3.63, 3.8) is 0 Å². The number of fused-ring (bicyclic) bond motifs is 1. The highest BCUT2D eigenvalue weighted by molar-refractivity contribution is 6.14. The Kier molecular flexibility index (Phi) is 10.8. The summed E-state index contributed by atoms with van der Waals surface area (Å²) in [5.74, 6) is 2.23. The Morgan fingerprint density at radius 2 is 1.22 bits per heavy atom. The Hall–Kier alpha value is -7.30. The standard InChI is InChI=1S/C55H44N4/c1-3-5-15-38(4-2)51-36-50(39-16-9-6-10-17-39)37-52(56-51)42-26-22-40(23-27-42)46-30-32-49-35-47(31-33-48(49)34-46)41-24-28-45(29-25-41)55-58-53(43-18-11-7-12-19-43)57-54(59-55)44-20-13-8-14-21-44/h3-28,30-36,45,52H,2,29,37H2,1H3/b5-3-,38-15+. The average molecular weight is 761 g/mol. The smallest absolute Gasteiger partial charge is 0.163 e. The van der Waals surface area contributed by atoms with Gasteiger partial charge < -0.3 is 0 Å². The van der Waals surface area contributed by atoms with Crippen molar-refractivity contribution in [2.75, 3.05) is 0 Å². The number of rotatable bonds is 10. The highest BCUT2D eigenvalue weighted by Gasteiger charge is 2.22. The van der Waals surface area contributed by atoms with Gasteiger partial charge in [-0.05, 0) is 93.3 Å². The summed E-state index contributed by atoms with van der Waals surface area (Å²) in [5.41, 5.74) is 12.4. The van der Waals surface area contributed by atoms with Crippen molar-refractivity contribution in [1.29, 1.82) is 0 Å². The van der Waals surface area contributed by atoms with E-state index >= 15 is 0 Å². The molecule has 0 fully saturated rings. The molecule has 0 amide bonds. The van der Waals surface area contributed by atoms with Crippen LogP contribution in [0.4, 0.5) is 0 Å². The molecule has 2 heterocycles. The summed E-state index contributed by atoms with van der Waals surface area (Å²) in [6.07, 6.45) is 18.7. The van der Waals surface area contributed by atoms with Crippen molar-refractivity contribution in [3.05, 3.63) is 235 Å². The Morgan fingerprint density at radius 3 is 1.81 bits per heavy atom. The monoisotopic (exact) mass is 760 g/mol. The van der Waals surface area contributed by atoms with Crippen molar-refractivity contribution >= 4 is 27.6 Å². The van der Waals surface area contributed by atoms with E-state index in [1.807, 2.05) is 85.8 Å². The maximum Gasteiger partial charge on any atom is 0.163 e. The van der Waals surface area contributed by atoms with Crippen LogP contribution in [0, 0.1) is 0 Å². The lowest BCUT2D eigenvalue weighted by Crippen LogP contribution is -2.10. The van der Waals surface area contributed by atoms with Crippen LogP contribution in [-0.4, -0.2) is 20.7 Å². The van der Waals surface area contributed by atoms with Gasteiger partial charge in [-0.2, -0.15) is 0 Å². The fraction of sp³-hybridized carbons (Fsp3) is 0.0909. The summed E-state index contributed by atoms with van der Waals surface area (Å²) in [7, 11) is 0. The molecule has 59 heavy (non-hydrogen) atoms. The minimum Gasteiger partial charge on any atom is -0.276 e. The molecule has 0 radical (unpaired) electrons. The lowest BCUT2D eigenvalue weighted by atomic mass is 9.89. The number of dihydropyridines is 1.